The molecule has 8 nitrogen and oxygen atoms in total. The molecule has 2 aromatic heterocycles. The predicted molar refractivity (Wildman–Crippen MR) is 122 cm³/mol. The van der Waals surface area contributed by atoms with Gasteiger partial charge in [-0.3, -0.25) is 19.6 Å². The lowest BCUT2D eigenvalue weighted by molar-refractivity contribution is -0.132. The van der Waals surface area contributed by atoms with Crippen LogP contribution in [0.5, 0.6) is 0 Å². The van der Waals surface area contributed by atoms with Crippen molar-refractivity contribution in [1.29, 1.82) is 0 Å². The highest BCUT2D eigenvalue weighted by atomic mass is 16.5. The summed E-state index contributed by atoms with van der Waals surface area (Å²) >= 11 is 0. The van der Waals surface area contributed by atoms with Gasteiger partial charge in [0.05, 0.1) is 11.7 Å². The van der Waals surface area contributed by atoms with E-state index in [1.165, 1.54) is 12.8 Å². The number of ether oxygens (including phenoxy) is 1. The summed E-state index contributed by atoms with van der Waals surface area (Å²) in [5, 5.41) is 3.37. The van der Waals surface area contributed by atoms with Gasteiger partial charge in [-0.1, -0.05) is 0 Å². The Labute approximate surface area is 188 Å². The van der Waals surface area contributed by atoms with Crippen LogP contribution in [0.1, 0.15) is 74.4 Å². The lowest BCUT2D eigenvalue weighted by Crippen LogP contribution is -2.39. The summed E-state index contributed by atoms with van der Waals surface area (Å²) in [6.45, 7) is 6.34. The number of rotatable bonds is 5. The second-order valence-electron chi connectivity index (χ2n) is 9.57. The van der Waals surface area contributed by atoms with Gasteiger partial charge in [-0.05, 0) is 64.8 Å². The van der Waals surface area contributed by atoms with Gasteiger partial charge in [0.15, 0.2) is 5.65 Å². The Morgan fingerprint density at radius 1 is 1.12 bits per heavy atom. The van der Waals surface area contributed by atoms with E-state index in [-0.39, 0.29) is 11.5 Å². The standard InChI is InChI=1S/C24H35N5O3/c1-17-19(7-8-23(30)27-11-3-2-4-12-27)24(31)29-22(25-17)16-20(26-29)21-6-5-13-28(21)18-9-14-32-15-10-18/h16,18,21,26H,2-15H2,1H3. The summed E-state index contributed by atoms with van der Waals surface area (Å²) in [4.78, 5) is 35.1. The molecule has 1 atom stereocenters. The van der Waals surface area contributed by atoms with Crippen molar-refractivity contribution in [2.24, 2.45) is 0 Å². The quantitative estimate of drug-likeness (QED) is 0.771. The molecule has 174 valence electrons. The summed E-state index contributed by atoms with van der Waals surface area (Å²) < 4.78 is 7.14. The number of piperidine rings is 1. The van der Waals surface area contributed by atoms with Gasteiger partial charge in [0.2, 0.25) is 5.91 Å². The smallest absolute Gasteiger partial charge is 0.276 e. The minimum absolute atomic E-state index is 0.0687. The van der Waals surface area contributed by atoms with E-state index in [2.05, 4.69) is 10.00 Å². The Morgan fingerprint density at radius 3 is 2.69 bits per heavy atom. The van der Waals surface area contributed by atoms with Gasteiger partial charge in [-0.25, -0.2) is 9.50 Å². The average Bonchev–Trinajstić information content (AvgIpc) is 3.47. The number of amides is 1. The van der Waals surface area contributed by atoms with Crippen LogP contribution in [-0.2, 0) is 16.0 Å². The van der Waals surface area contributed by atoms with Crippen LogP contribution in [0.4, 0.5) is 0 Å². The van der Waals surface area contributed by atoms with Crippen LogP contribution in [0.2, 0.25) is 0 Å². The molecule has 0 saturated carbocycles. The number of nitrogens with one attached hydrogen (secondary N) is 1. The summed E-state index contributed by atoms with van der Waals surface area (Å²) in [7, 11) is 0. The van der Waals surface area contributed by atoms with Crippen molar-refractivity contribution in [3.05, 3.63) is 33.4 Å². The van der Waals surface area contributed by atoms with E-state index in [1.54, 1.807) is 4.52 Å². The highest BCUT2D eigenvalue weighted by molar-refractivity contribution is 5.76. The van der Waals surface area contributed by atoms with E-state index in [1.807, 2.05) is 17.9 Å². The van der Waals surface area contributed by atoms with Crippen molar-refractivity contribution in [2.75, 3.05) is 32.8 Å². The SMILES string of the molecule is Cc1nc2cc(C3CCCN3C3CCOCC3)[nH]n2c(=O)c1CCC(=O)N1CCCCC1. The summed E-state index contributed by atoms with van der Waals surface area (Å²) in [5.74, 6) is 0.152. The van der Waals surface area contributed by atoms with Crippen molar-refractivity contribution in [3.63, 3.8) is 0 Å². The fraction of sp³-hybridized carbons (Fsp3) is 0.708. The van der Waals surface area contributed by atoms with Crippen molar-refractivity contribution in [2.45, 2.75) is 76.8 Å². The van der Waals surface area contributed by atoms with Gasteiger partial charge in [0, 0.05) is 56.1 Å². The molecule has 5 heterocycles. The summed E-state index contributed by atoms with van der Waals surface area (Å²) in [5.41, 5.74) is 3.06. The van der Waals surface area contributed by atoms with E-state index in [4.69, 9.17) is 9.72 Å². The maximum atomic E-state index is 13.3. The highest BCUT2D eigenvalue weighted by Gasteiger charge is 2.34. The molecule has 0 aliphatic carbocycles. The minimum atomic E-state index is -0.0687. The first kappa shape index (κ1) is 21.6. The first-order valence-corrected chi connectivity index (χ1v) is 12.3. The molecule has 0 aromatic carbocycles. The average molecular weight is 442 g/mol. The van der Waals surface area contributed by atoms with Gasteiger partial charge in [-0.2, -0.15) is 0 Å². The molecule has 3 fully saturated rings. The van der Waals surface area contributed by atoms with Crippen molar-refractivity contribution >= 4 is 11.6 Å². The first-order valence-electron chi connectivity index (χ1n) is 12.3. The molecule has 0 radical (unpaired) electrons. The Bertz CT molecular complexity index is 1020. The second kappa shape index (κ2) is 9.35. The van der Waals surface area contributed by atoms with Crippen LogP contribution in [0.3, 0.4) is 0 Å². The molecule has 8 heteroatoms. The van der Waals surface area contributed by atoms with Gasteiger partial charge in [0.1, 0.15) is 0 Å². The van der Waals surface area contributed by atoms with Gasteiger partial charge in [0.25, 0.3) is 5.56 Å². The molecule has 1 amide bonds. The van der Waals surface area contributed by atoms with Crippen LogP contribution in [0.15, 0.2) is 10.9 Å². The second-order valence-corrected chi connectivity index (χ2v) is 9.57. The topological polar surface area (TPSA) is 82.9 Å². The third kappa shape index (κ3) is 4.22. The number of hydrogen-bond donors (Lipinski definition) is 1. The zero-order valence-electron chi connectivity index (χ0n) is 19.1. The van der Waals surface area contributed by atoms with Crippen LogP contribution in [0, 0.1) is 6.92 Å². The molecule has 2 aromatic rings. The molecule has 1 unspecified atom stereocenters. The molecular formula is C24H35N5O3. The van der Waals surface area contributed by atoms with E-state index in [9.17, 15) is 9.59 Å². The largest absolute Gasteiger partial charge is 0.381 e. The number of hydrogen-bond acceptors (Lipinski definition) is 5. The van der Waals surface area contributed by atoms with Crippen molar-refractivity contribution in [1.82, 2.24) is 24.4 Å². The summed E-state index contributed by atoms with van der Waals surface area (Å²) in [6, 6.07) is 2.88. The van der Waals surface area contributed by atoms with Crippen LogP contribution in [-0.4, -0.2) is 69.2 Å². The van der Waals surface area contributed by atoms with Gasteiger partial charge in [-0.15, -0.1) is 0 Å². The highest BCUT2D eigenvalue weighted by Crippen LogP contribution is 2.35. The molecule has 3 aliphatic heterocycles. The number of aromatic nitrogens is 3. The summed E-state index contributed by atoms with van der Waals surface area (Å²) in [6.07, 6.45) is 8.59. The van der Waals surface area contributed by atoms with E-state index >= 15 is 0 Å². The van der Waals surface area contributed by atoms with Gasteiger partial charge < -0.3 is 9.64 Å². The molecule has 32 heavy (non-hydrogen) atoms. The Kier molecular flexibility index (Phi) is 6.33. The monoisotopic (exact) mass is 441 g/mol. The first-order chi connectivity index (χ1) is 15.6. The molecule has 3 aliphatic rings. The third-order valence-corrected chi connectivity index (χ3v) is 7.55. The molecule has 0 bridgehead atoms. The lowest BCUT2D eigenvalue weighted by atomic mass is 10.0. The number of aromatic amines is 1. The number of H-pyrrole nitrogens is 1. The van der Waals surface area contributed by atoms with Crippen molar-refractivity contribution < 1.29 is 9.53 Å². The Balaban J connectivity index is 1.35. The maximum absolute atomic E-state index is 13.3. The Hall–Kier alpha value is -2.19. The minimum Gasteiger partial charge on any atom is -0.381 e. The predicted octanol–water partition coefficient (Wildman–Crippen LogP) is 2.59. The molecular weight excluding hydrogens is 406 g/mol. The van der Waals surface area contributed by atoms with Crippen LogP contribution in [0.25, 0.3) is 5.65 Å². The number of aryl methyl sites for hydroxylation is 1. The third-order valence-electron chi connectivity index (χ3n) is 7.55. The number of fused-ring (bicyclic) bond motifs is 1. The lowest BCUT2D eigenvalue weighted by Gasteiger charge is -2.35. The molecule has 1 N–H and O–H groups in total. The fourth-order valence-electron chi connectivity index (χ4n) is 5.76. The maximum Gasteiger partial charge on any atom is 0.276 e. The molecule has 0 spiro atoms. The number of carbonyl (C=O) groups excluding carboxylic acids is 1. The van der Waals surface area contributed by atoms with E-state index in [0.717, 1.165) is 76.3 Å². The van der Waals surface area contributed by atoms with Gasteiger partial charge >= 0.3 is 0 Å². The number of likely N-dealkylation sites (tertiary alicyclic amines) is 2. The van der Waals surface area contributed by atoms with Crippen molar-refractivity contribution in [3.8, 4) is 0 Å². The van der Waals surface area contributed by atoms with E-state index in [0.29, 0.717) is 36.1 Å². The normalized spacial score (nSPS) is 23.3. The molecule has 3 saturated heterocycles. The molecule has 5 rings (SSSR count). The fourth-order valence-corrected chi connectivity index (χ4v) is 5.76. The zero-order chi connectivity index (χ0) is 22.1. The number of nitrogens with zero attached hydrogens (tertiary/aromatic N) is 4. The van der Waals surface area contributed by atoms with Crippen LogP contribution >= 0.6 is 0 Å². The zero-order valence-corrected chi connectivity index (χ0v) is 19.1. The van der Waals surface area contributed by atoms with E-state index < -0.39 is 0 Å². The number of carbonyl (C=O) groups is 1. The van der Waals surface area contributed by atoms with Crippen LogP contribution < -0.4 is 5.56 Å². The Morgan fingerprint density at radius 2 is 1.91 bits per heavy atom.